The fourth-order valence-corrected chi connectivity index (χ4v) is 1.68. The Balaban J connectivity index is 1.92. The zero-order valence-corrected chi connectivity index (χ0v) is 11.7. The molecule has 2 rings (SSSR count). The van der Waals surface area contributed by atoms with Crippen LogP contribution in [0.2, 0.25) is 0 Å². The van der Waals surface area contributed by atoms with Crippen molar-refractivity contribution in [3.8, 4) is 5.75 Å². The maximum atomic E-state index is 11.8. The van der Waals surface area contributed by atoms with Gasteiger partial charge in [0.15, 0.2) is 0 Å². The lowest BCUT2D eigenvalue weighted by atomic mass is 10.2. The van der Waals surface area contributed by atoms with E-state index >= 15 is 0 Å². The number of nitrogens with zero attached hydrogens (tertiary/aromatic N) is 1. The van der Waals surface area contributed by atoms with Crippen molar-refractivity contribution in [1.82, 2.24) is 5.43 Å². The summed E-state index contributed by atoms with van der Waals surface area (Å²) in [7, 11) is 0. The van der Waals surface area contributed by atoms with E-state index in [2.05, 4.69) is 10.5 Å². The molecule has 0 saturated heterocycles. The van der Waals surface area contributed by atoms with Gasteiger partial charge in [0.2, 0.25) is 0 Å². The molecule has 0 unspecified atom stereocenters. The lowest BCUT2D eigenvalue weighted by molar-refractivity contribution is 0.0955. The van der Waals surface area contributed by atoms with Crippen LogP contribution in [0.4, 0.5) is 5.69 Å². The second kappa shape index (κ2) is 7.09. The molecule has 0 aliphatic carbocycles. The molecule has 0 radical (unpaired) electrons. The molecule has 1 amide bonds. The Morgan fingerprint density at radius 3 is 2.48 bits per heavy atom. The van der Waals surface area contributed by atoms with Crippen LogP contribution in [0.1, 0.15) is 22.8 Å². The van der Waals surface area contributed by atoms with Crippen LogP contribution in [0.3, 0.4) is 0 Å². The smallest absolute Gasteiger partial charge is 0.271 e. The second-order valence-electron chi connectivity index (χ2n) is 4.32. The maximum absolute atomic E-state index is 11.8. The Hall–Kier alpha value is -2.82. The number of hydrogen-bond donors (Lipinski definition) is 2. The van der Waals surface area contributed by atoms with Crippen molar-refractivity contribution in [2.45, 2.75) is 6.92 Å². The van der Waals surface area contributed by atoms with Crippen LogP contribution in [-0.4, -0.2) is 18.7 Å². The number of nitrogens with one attached hydrogen (secondary N) is 1. The topological polar surface area (TPSA) is 76.7 Å². The van der Waals surface area contributed by atoms with Crippen molar-refractivity contribution in [3.63, 3.8) is 0 Å². The van der Waals surface area contributed by atoms with Crippen LogP contribution in [-0.2, 0) is 0 Å². The lowest BCUT2D eigenvalue weighted by Gasteiger charge is -2.02. The van der Waals surface area contributed by atoms with Crippen LogP contribution in [0, 0.1) is 0 Å². The summed E-state index contributed by atoms with van der Waals surface area (Å²) in [5.41, 5.74) is 10.0. The average molecular weight is 283 g/mol. The summed E-state index contributed by atoms with van der Waals surface area (Å²) in [4.78, 5) is 11.8. The van der Waals surface area contributed by atoms with Gasteiger partial charge in [-0.3, -0.25) is 4.79 Å². The van der Waals surface area contributed by atoms with E-state index in [-0.39, 0.29) is 5.91 Å². The number of rotatable bonds is 5. The minimum atomic E-state index is -0.280. The molecule has 0 bridgehead atoms. The van der Waals surface area contributed by atoms with Gasteiger partial charge in [-0.15, -0.1) is 0 Å². The Labute approximate surface area is 123 Å². The average Bonchev–Trinajstić information content (AvgIpc) is 2.50. The van der Waals surface area contributed by atoms with Gasteiger partial charge in [0.1, 0.15) is 5.75 Å². The zero-order chi connectivity index (χ0) is 15.1. The number of carbonyl (C=O) groups excluding carboxylic acids is 1. The highest BCUT2D eigenvalue weighted by Crippen LogP contribution is 2.10. The number of nitrogens with two attached hydrogens (primary N) is 1. The van der Waals surface area contributed by atoms with Gasteiger partial charge in [-0.05, 0) is 61.0 Å². The van der Waals surface area contributed by atoms with Crippen molar-refractivity contribution in [3.05, 3.63) is 59.7 Å². The van der Waals surface area contributed by atoms with E-state index in [1.54, 1.807) is 30.5 Å². The number of hydrogen-bond acceptors (Lipinski definition) is 4. The first kappa shape index (κ1) is 14.6. The SMILES string of the molecule is CCOc1ccc(/C=N\NC(=O)c2ccc(N)cc2)cc1. The van der Waals surface area contributed by atoms with E-state index in [0.717, 1.165) is 11.3 Å². The standard InChI is InChI=1S/C16H17N3O2/c1-2-21-15-9-3-12(4-10-15)11-18-19-16(20)13-5-7-14(17)8-6-13/h3-11H,2,17H2,1H3,(H,19,20)/b18-11-. The van der Waals surface area contributed by atoms with Gasteiger partial charge in [0.25, 0.3) is 5.91 Å². The summed E-state index contributed by atoms with van der Waals surface area (Å²) in [6.45, 7) is 2.56. The molecule has 5 nitrogen and oxygen atoms in total. The van der Waals surface area contributed by atoms with Crippen molar-refractivity contribution >= 4 is 17.8 Å². The minimum absolute atomic E-state index is 0.280. The first-order chi connectivity index (χ1) is 10.2. The number of amides is 1. The summed E-state index contributed by atoms with van der Waals surface area (Å²) in [6, 6.07) is 14.1. The first-order valence-electron chi connectivity index (χ1n) is 6.61. The molecule has 0 saturated carbocycles. The van der Waals surface area contributed by atoms with Crippen molar-refractivity contribution in [2.24, 2.45) is 5.10 Å². The molecule has 2 aromatic rings. The van der Waals surface area contributed by atoms with Gasteiger partial charge in [-0.2, -0.15) is 5.10 Å². The Morgan fingerprint density at radius 2 is 1.86 bits per heavy atom. The molecule has 0 fully saturated rings. The second-order valence-corrected chi connectivity index (χ2v) is 4.32. The lowest BCUT2D eigenvalue weighted by Crippen LogP contribution is -2.17. The highest BCUT2D eigenvalue weighted by atomic mass is 16.5. The third kappa shape index (κ3) is 4.35. The van der Waals surface area contributed by atoms with E-state index < -0.39 is 0 Å². The molecule has 2 aromatic carbocycles. The highest BCUT2D eigenvalue weighted by Gasteiger charge is 2.02. The van der Waals surface area contributed by atoms with Crippen molar-refractivity contribution < 1.29 is 9.53 Å². The van der Waals surface area contributed by atoms with E-state index in [1.165, 1.54) is 0 Å². The third-order valence-corrected chi connectivity index (χ3v) is 2.74. The molecule has 21 heavy (non-hydrogen) atoms. The van der Waals surface area contributed by atoms with Gasteiger partial charge < -0.3 is 10.5 Å². The number of anilines is 1. The van der Waals surface area contributed by atoms with Crippen LogP contribution in [0.15, 0.2) is 53.6 Å². The van der Waals surface area contributed by atoms with Crippen LogP contribution < -0.4 is 15.9 Å². The molecule has 0 aromatic heterocycles. The molecule has 0 aliphatic heterocycles. The number of ether oxygens (including phenoxy) is 1. The van der Waals surface area contributed by atoms with Gasteiger partial charge in [-0.1, -0.05) is 0 Å². The van der Waals surface area contributed by atoms with Gasteiger partial charge in [0.05, 0.1) is 12.8 Å². The summed E-state index contributed by atoms with van der Waals surface area (Å²) < 4.78 is 5.35. The number of nitrogen functional groups attached to an aromatic ring is 1. The monoisotopic (exact) mass is 283 g/mol. The minimum Gasteiger partial charge on any atom is -0.494 e. The fourth-order valence-electron chi connectivity index (χ4n) is 1.68. The molecular weight excluding hydrogens is 266 g/mol. The molecule has 108 valence electrons. The summed E-state index contributed by atoms with van der Waals surface area (Å²) in [5, 5.41) is 3.92. The fraction of sp³-hybridized carbons (Fsp3) is 0.125. The van der Waals surface area contributed by atoms with Gasteiger partial charge >= 0.3 is 0 Å². The third-order valence-electron chi connectivity index (χ3n) is 2.74. The van der Waals surface area contributed by atoms with Gasteiger partial charge in [0, 0.05) is 11.3 Å². The zero-order valence-electron chi connectivity index (χ0n) is 11.7. The molecule has 0 aliphatic rings. The summed E-state index contributed by atoms with van der Waals surface area (Å²) in [5.74, 6) is 0.526. The maximum Gasteiger partial charge on any atom is 0.271 e. The molecule has 5 heteroatoms. The number of hydrazone groups is 1. The van der Waals surface area contributed by atoms with Gasteiger partial charge in [-0.25, -0.2) is 5.43 Å². The molecular formula is C16H17N3O2. The first-order valence-corrected chi connectivity index (χ1v) is 6.61. The Kier molecular flexibility index (Phi) is 4.93. The highest BCUT2D eigenvalue weighted by molar-refractivity contribution is 5.95. The molecule has 0 atom stereocenters. The van der Waals surface area contributed by atoms with E-state index in [4.69, 9.17) is 10.5 Å². The van der Waals surface area contributed by atoms with Crippen molar-refractivity contribution in [1.29, 1.82) is 0 Å². The Bertz CT molecular complexity index is 619. The van der Waals surface area contributed by atoms with Crippen molar-refractivity contribution in [2.75, 3.05) is 12.3 Å². The Morgan fingerprint density at radius 1 is 1.19 bits per heavy atom. The molecule has 0 spiro atoms. The predicted octanol–water partition coefficient (Wildman–Crippen LogP) is 2.43. The van der Waals surface area contributed by atoms with Crippen LogP contribution in [0.5, 0.6) is 5.75 Å². The number of carbonyl (C=O) groups is 1. The normalized spacial score (nSPS) is 10.5. The summed E-state index contributed by atoms with van der Waals surface area (Å²) in [6.07, 6.45) is 1.57. The van der Waals surface area contributed by atoms with E-state index in [0.29, 0.717) is 17.9 Å². The van der Waals surface area contributed by atoms with Crippen LogP contribution >= 0.6 is 0 Å². The quantitative estimate of drug-likeness (QED) is 0.502. The predicted molar refractivity (Wildman–Crippen MR) is 83.5 cm³/mol. The summed E-state index contributed by atoms with van der Waals surface area (Å²) >= 11 is 0. The van der Waals surface area contributed by atoms with E-state index in [9.17, 15) is 4.79 Å². The largest absolute Gasteiger partial charge is 0.494 e. The van der Waals surface area contributed by atoms with E-state index in [1.807, 2.05) is 31.2 Å². The molecule has 3 N–H and O–H groups in total. The van der Waals surface area contributed by atoms with Crippen LogP contribution in [0.25, 0.3) is 0 Å². The number of benzene rings is 2. The molecule has 0 heterocycles.